The SMILES string of the molecule is Nc1c(-c2ccc(NC(=O)NC3CCC3)cc2)n(C2CCC2)c2cc(S(=O)(=O)CCn3cncn3)ccc12. The van der Waals surface area contributed by atoms with E-state index >= 15 is 0 Å². The summed E-state index contributed by atoms with van der Waals surface area (Å²) in [6.45, 7) is 0.233. The number of benzene rings is 2. The number of nitrogens with one attached hydrogen (secondary N) is 2. The lowest BCUT2D eigenvalue weighted by atomic mass is 9.92. The molecular formula is C27H31N7O3S. The zero-order valence-electron chi connectivity index (χ0n) is 21.0. The predicted octanol–water partition coefficient (Wildman–Crippen LogP) is 4.35. The number of carbonyl (C=O) groups excluding carboxylic acids is 1. The summed E-state index contributed by atoms with van der Waals surface area (Å²) in [5.41, 5.74) is 10.7. The average molecular weight is 534 g/mol. The number of aromatic nitrogens is 4. The van der Waals surface area contributed by atoms with Crippen molar-refractivity contribution in [2.45, 2.75) is 62.0 Å². The van der Waals surface area contributed by atoms with Crippen LogP contribution in [0.15, 0.2) is 60.0 Å². The van der Waals surface area contributed by atoms with Crippen LogP contribution in [-0.4, -0.2) is 45.6 Å². The van der Waals surface area contributed by atoms with Crippen LogP contribution in [0.5, 0.6) is 0 Å². The molecule has 11 heteroatoms. The predicted molar refractivity (Wildman–Crippen MR) is 147 cm³/mol. The molecule has 2 aromatic heterocycles. The molecule has 0 bridgehead atoms. The van der Waals surface area contributed by atoms with E-state index in [2.05, 4.69) is 25.3 Å². The molecule has 198 valence electrons. The van der Waals surface area contributed by atoms with Gasteiger partial charge in [0.15, 0.2) is 9.84 Å². The van der Waals surface area contributed by atoms with Gasteiger partial charge in [-0.2, -0.15) is 5.10 Å². The fourth-order valence-electron chi connectivity index (χ4n) is 5.12. The summed E-state index contributed by atoms with van der Waals surface area (Å²) in [4.78, 5) is 16.4. The first-order valence-corrected chi connectivity index (χ1v) is 14.7. The van der Waals surface area contributed by atoms with Crippen LogP contribution < -0.4 is 16.4 Å². The highest BCUT2D eigenvalue weighted by Crippen LogP contribution is 2.44. The molecule has 2 amide bonds. The Bertz CT molecular complexity index is 1570. The number of sulfone groups is 1. The molecule has 0 spiro atoms. The van der Waals surface area contributed by atoms with E-state index in [9.17, 15) is 13.2 Å². The maximum atomic E-state index is 13.2. The van der Waals surface area contributed by atoms with Crippen molar-refractivity contribution < 1.29 is 13.2 Å². The monoisotopic (exact) mass is 533 g/mol. The van der Waals surface area contributed by atoms with Crippen molar-refractivity contribution in [1.29, 1.82) is 0 Å². The summed E-state index contributed by atoms with van der Waals surface area (Å²) >= 11 is 0. The molecule has 2 heterocycles. The summed E-state index contributed by atoms with van der Waals surface area (Å²) in [6, 6.07) is 13.2. The quantitative estimate of drug-likeness (QED) is 0.308. The van der Waals surface area contributed by atoms with E-state index in [4.69, 9.17) is 5.73 Å². The van der Waals surface area contributed by atoms with Crippen LogP contribution in [0.3, 0.4) is 0 Å². The Labute approximate surface area is 221 Å². The second-order valence-corrected chi connectivity index (χ2v) is 12.3. The maximum absolute atomic E-state index is 13.2. The number of nitrogens with two attached hydrogens (primary N) is 1. The topological polar surface area (TPSA) is 137 Å². The van der Waals surface area contributed by atoms with Gasteiger partial charge in [-0.05, 0) is 68.9 Å². The molecule has 38 heavy (non-hydrogen) atoms. The van der Waals surface area contributed by atoms with E-state index in [1.54, 1.807) is 12.1 Å². The van der Waals surface area contributed by atoms with Gasteiger partial charge < -0.3 is 20.9 Å². The zero-order chi connectivity index (χ0) is 26.3. The lowest BCUT2D eigenvalue weighted by Crippen LogP contribution is -2.41. The summed E-state index contributed by atoms with van der Waals surface area (Å²) in [6.07, 6.45) is 9.27. The molecular weight excluding hydrogens is 502 g/mol. The number of anilines is 2. The van der Waals surface area contributed by atoms with Crippen molar-refractivity contribution in [3.05, 3.63) is 55.1 Å². The Kier molecular flexibility index (Phi) is 6.30. The fraction of sp³-hybridized carbons (Fsp3) is 0.370. The van der Waals surface area contributed by atoms with E-state index in [1.165, 1.54) is 17.3 Å². The molecule has 2 aromatic carbocycles. The number of nitrogen functional groups attached to an aromatic ring is 1. The highest BCUT2D eigenvalue weighted by Gasteiger charge is 2.28. The maximum Gasteiger partial charge on any atom is 0.319 e. The van der Waals surface area contributed by atoms with E-state index in [0.29, 0.717) is 11.4 Å². The molecule has 0 aliphatic heterocycles. The highest BCUT2D eigenvalue weighted by atomic mass is 32.2. The summed E-state index contributed by atoms with van der Waals surface area (Å²) in [7, 11) is -3.54. The summed E-state index contributed by atoms with van der Waals surface area (Å²) < 4.78 is 30.1. The van der Waals surface area contributed by atoms with Crippen molar-refractivity contribution in [3.8, 4) is 11.3 Å². The molecule has 10 nitrogen and oxygen atoms in total. The van der Waals surface area contributed by atoms with Crippen LogP contribution in [0.25, 0.3) is 22.2 Å². The third-order valence-corrected chi connectivity index (χ3v) is 9.42. The number of urea groups is 1. The Hall–Kier alpha value is -3.86. The normalized spacial score (nSPS) is 16.2. The van der Waals surface area contributed by atoms with Gasteiger partial charge in [0, 0.05) is 28.7 Å². The smallest absolute Gasteiger partial charge is 0.319 e. The van der Waals surface area contributed by atoms with E-state index in [0.717, 1.165) is 60.7 Å². The Morgan fingerprint density at radius 1 is 1.05 bits per heavy atom. The van der Waals surface area contributed by atoms with Crippen molar-refractivity contribution in [3.63, 3.8) is 0 Å². The molecule has 4 aromatic rings. The van der Waals surface area contributed by atoms with E-state index < -0.39 is 9.84 Å². The largest absolute Gasteiger partial charge is 0.396 e. The minimum Gasteiger partial charge on any atom is -0.396 e. The lowest BCUT2D eigenvalue weighted by Gasteiger charge is -2.30. The van der Waals surface area contributed by atoms with Gasteiger partial charge in [-0.1, -0.05) is 12.1 Å². The number of hydrogen-bond acceptors (Lipinski definition) is 6. The van der Waals surface area contributed by atoms with Gasteiger partial charge >= 0.3 is 6.03 Å². The summed E-state index contributed by atoms with van der Waals surface area (Å²) in [5, 5.41) is 10.7. The van der Waals surface area contributed by atoms with Gasteiger partial charge in [0.2, 0.25) is 0 Å². The van der Waals surface area contributed by atoms with Crippen LogP contribution in [-0.2, 0) is 16.4 Å². The van der Waals surface area contributed by atoms with Crippen LogP contribution in [0.1, 0.15) is 44.6 Å². The van der Waals surface area contributed by atoms with Gasteiger partial charge in [-0.15, -0.1) is 0 Å². The number of aryl methyl sites for hydroxylation is 1. The first-order chi connectivity index (χ1) is 18.4. The molecule has 0 saturated heterocycles. The lowest BCUT2D eigenvalue weighted by molar-refractivity contribution is 0.240. The van der Waals surface area contributed by atoms with Gasteiger partial charge in [-0.25, -0.2) is 18.2 Å². The van der Waals surface area contributed by atoms with Gasteiger partial charge in [-0.3, -0.25) is 4.68 Å². The first kappa shape index (κ1) is 24.5. The molecule has 0 atom stereocenters. The molecule has 2 fully saturated rings. The molecule has 2 aliphatic rings. The zero-order valence-corrected chi connectivity index (χ0v) is 21.8. The van der Waals surface area contributed by atoms with Gasteiger partial charge in [0.05, 0.1) is 34.1 Å². The molecule has 2 aliphatic carbocycles. The second kappa shape index (κ2) is 9.79. The Morgan fingerprint density at radius 3 is 2.45 bits per heavy atom. The number of nitrogens with zero attached hydrogens (tertiary/aromatic N) is 4. The Morgan fingerprint density at radius 2 is 1.82 bits per heavy atom. The van der Waals surface area contributed by atoms with Crippen LogP contribution in [0.4, 0.5) is 16.2 Å². The average Bonchev–Trinajstić information content (AvgIpc) is 3.47. The van der Waals surface area contributed by atoms with E-state index in [-0.39, 0.29) is 35.3 Å². The van der Waals surface area contributed by atoms with Gasteiger partial charge in [0.25, 0.3) is 0 Å². The fourth-order valence-corrected chi connectivity index (χ4v) is 6.35. The number of fused-ring (bicyclic) bond motifs is 1. The minimum absolute atomic E-state index is 0.0723. The number of hydrogen-bond donors (Lipinski definition) is 3. The second-order valence-electron chi connectivity index (χ2n) is 10.2. The van der Waals surface area contributed by atoms with Crippen LogP contribution >= 0.6 is 0 Å². The third kappa shape index (κ3) is 4.62. The molecule has 6 rings (SSSR count). The highest BCUT2D eigenvalue weighted by molar-refractivity contribution is 7.91. The number of rotatable bonds is 8. The molecule has 4 N–H and O–H groups in total. The number of amides is 2. The van der Waals surface area contributed by atoms with Crippen molar-refractivity contribution >= 4 is 38.1 Å². The minimum atomic E-state index is -3.54. The van der Waals surface area contributed by atoms with E-state index in [1.807, 2.05) is 30.3 Å². The Balaban J connectivity index is 1.31. The standard InChI is InChI=1S/C27H31N7O3S/c28-25-23-12-11-22(38(36,37)14-13-33-17-29-16-30-33)15-24(23)34(21-5-2-6-21)26(25)18-7-9-20(10-8-18)32-27(35)31-19-3-1-4-19/h7-12,15-17,19,21H,1-6,13-14,28H2,(H2,31,32,35). The molecule has 0 unspecified atom stereocenters. The van der Waals surface area contributed by atoms with Crippen molar-refractivity contribution in [1.82, 2.24) is 24.6 Å². The van der Waals surface area contributed by atoms with Crippen LogP contribution in [0.2, 0.25) is 0 Å². The molecule has 2 saturated carbocycles. The number of carbonyl (C=O) groups is 1. The van der Waals surface area contributed by atoms with Crippen molar-refractivity contribution in [2.75, 3.05) is 16.8 Å². The summed E-state index contributed by atoms with van der Waals surface area (Å²) in [5.74, 6) is -0.0723. The van der Waals surface area contributed by atoms with Crippen molar-refractivity contribution in [2.24, 2.45) is 0 Å². The third-order valence-electron chi connectivity index (χ3n) is 7.73. The van der Waals surface area contributed by atoms with Crippen LogP contribution in [0, 0.1) is 0 Å². The first-order valence-electron chi connectivity index (χ1n) is 13.1. The molecule has 0 radical (unpaired) electrons. The van der Waals surface area contributed by atoms with Gasteiger partial charge in [0.1, 0.15) is 12.7 Å².